The third kappa shape index (κ3) is 4.61. The second-order valence-corrected chi connectivity index (χ2v) is 6.38. The first-order chi connectivity index (χ1) is 12.6. The van der Waals surface area contributed by atoms with Crippen LogP contribution in [0.2, 0.25) is 0 Å². The Morgan fingerprint density at radius 3 is 2.30 bits per heavy atom. The number of ether oxygens (including phenoxy) is 1. The molecular weight excluding hydrogens is 356 g/mol. The Morgan fingerprint density at radius 1 is 1.15 bits per heavy atom. The van der Waals surface area contributed by atoms with Crippen LogP contribution in [0.1, 0.15) is 40.0 Å². The number of hydrogen-bond acceptors (Lipinski definition) is 3. The summed E-state index contributed by atoms with van der Waals surface area (Å²) in [5, 5.41) is 8.74. The van der Waals surface area contributed by atoms with Crippen molar-refractivity contribution in [3.8, 4) is 5.75 Å². The lowest BCUT2D eigenvalue weighted by atomic mass is 10.0. The van der Waals surface area contributed by atoms with Crippen molar-refractivity contribution in [3.63, 3.8) is 0 Å². The highest BCUT2D eigenvalue weighted by molar-refractivity contribution is 5.95. The molecule has 144 valence electrons. The van der Waals surface area contributed by atoms with E-state index in [-0.39, 0.29) is 11.5 Å². The summed E-state index contributed by atoms with van der Waals surface area (Å²) in [5.41, 5.74) is 1.65. The fraction of sp³-hybridized carbons (Fsp3) is 0.300. The number of halogens is 2. The zero-order chi connectivity index (χ0) is 20.3. The van der Waals surface area contributed by atoms with Gasteiger partial charge in [0.2, 0.25) is 0 Å². The highest BCUT2D eigenvalue weighted by atomic mass is 19.1. The van der Waals surface area contributed by atoms with Crippen LogP contribution in [0.15, 0.2) is 30.3 Å². The molecule has 1 atom stereocenters. The lowest BCUT2D eigenvalue weighted by molar-refractivity contribution is -0.139. The van der Waals surface area contributed by atoms with Crippen molar-refractivity contribution < 1.29 is 28.2 Å². The van der Waals surface area contributed by atoms with Crippen molar-refractivity contribution in [2.75, 3.05) is 13.7 Å². The summed E-state index contributed by atoms with van der Waals surface area (Å²) >= 11 is 0. The minimum atomic E-state index is -1.10. The molecule has 0 aromatic heterocycles. The Kier molecular flexibility index (Phi) is 6.15. The predicted molar refractivity (Wildman–Crippen MR) is 95.9 cm³/mol. The van der Waals surface area contributed by atoms with E-state index in [0.717, 1.165) is 18.2 Å². The van der Waals surface area contributed by atoms with Crippen LogP contribution in [0.5, 0.6) is 5.75 Å². The van der Waals surface area contributed by atoms with Gasteiger partial charge in [-0.2, -0.15) is 0 Å². The number of carbonyl (C=O) groups excluding carboxylic acids is 1. The second-order valence-electron chi connectivity index (χ2n) is 6.38. The Bertz CT molecular complexity index is 859. The van der Waals surface area contributed by atoms with Gasteiger partial charge in [0, 0.05) is 18.2 Å². The zero-order valence-electron chi connectivity index (χ0n) is 15.5. The first-order valence-electron chi connectivity index (χ1n) is 8.29. The van der Waals surface area contributed by atoms with Gasteiger partial charge >= 0.3 is 5.97 Å². The molecule has 0 radical (unpaired) electrons. The van der Waals surface area contributed by atoms with Gasteiger partial charge in [-0.05, 0) is 62.2 Å². The molecule has 1 N–H and O–H groups in total. The quantitative estimate of drug-likeness (QED) is 0.830. The van der Waals surface area contributed by atoms with Crippen LogP contribution in [0, 0.1) is 25.5 Å². The Balaban J connectivity index is 2.28. The summed E-state index contributed by atoms with van der Waals surface area (Å²) in [5.74, 6) is -2.23. The molecule has 0 aliphatic heterocycles. The lowest BCUT2D eigenvalue weighted by Crippen LogP contribution is -2.30. The van der Waals surface area contributed by atoms with E-state index < -0.39 is 30.3 Å². The van der Waals surface area contributed by atoms with E-state index in [2.05, 4.69) is 0 Å². The lowest BCUT2D eigenvalue weighted by Gasteiger charge is -2.26. The van der Waals surface area contributed by atoms with Crippen molar-refractivity contribution in [1.82, 2.24) is 4.90 Å². The van der Waals surface area contributed by atoms with Gasteiger partial charge in [0.15, 0.2) is 6.61 Å². The number of benzene rings is 2. The third-order valence-electron chi connectivity index (χ3n) is 4.36. The average molecular weight is 377 g/mol. The summed E-state index contributed by atoms with van der Waals surface area (Å²) in [4.78, 5) is 24.8. The molecule has 0 fully saturated rings. The summed E-state index contributed by atoms with van der Waals surface area (Å²) in [7, 11) is 1.51. The van der Waals surface area contributed by atoms with Crippen molar-refractivity contribution >= 4 is 11.9 Å². The number of rotatable bonds is 6. The van der Waals surface area contributed by atoms with Crippen molar-refractivity contribution in [2.45, 2.75) is 26.8 Å². The molecule has 0 heterocycles. The molecule has 2 rings (SSSR count). The smallest absolute Gasteiger partial charge is 0.341 e. The number of carbonyl (C=O) groups is 2. The second kappa shape index (κ2) is 8.16. The van der Waals surface area contributed by atoms with Crippen LogP contribution in [0.4, 0.5) is 8.78 Å². The predicted octanol–water partition coefficient (Wildman–Crippen LogP) is 3.88. The number of amides is 1. The third-order valence-corrected chi connectivity index (χ3v) is 4.36. The summed E-state index contributed by atoms with van der Waals surface area (Å²) in [6, 6.07) is 5.60. The zero-order valence-corrected chi connectivity index (χ0v) is 15.5. The number of hydrogen-bond donors (Lipinski definition) is 1. The molecule has 0 spiro atoms. The van der Waals surface area contributed by atoms with Gasteiger partial charge < -0.3 is 14.7 Å². The van der Waals surface area contributed by atoms with E-state index >= 15 is 0 Å². The molecule has 0 aliphatic carbocycles. The van der Waals surface area contributed by atoms with E-state index in [1.54, 1.807) is 32.9 Å². The minimum absolute atomic E-state index is 0.0840. The number of carboxylic acid groups (broad SMARTS) is 1. The molecule has 0 saturated carbocycles. The monoisotopic (exact) mass is 377 g/mol. The molecule has 5 nitrogen and oxygen atoms in total. The van der Waals surface area contributed by atoms with Gasteiger partial charge in [0.25, 0.3) is 5.91 Å². The summed E-state index contributed by atoms with van der Waals surface area (Å²) in [6.07, 6.45) is 0. The maximum absolute atomic E-state index is 14.0. The number of nitrogens with zero attached hydrogens (tertiary/aromatic N) is 1. The molecule has 2 aromatic carbocycles. The highest BCUT2D eigenvalue weighted by Gasteiger charge is 2.23. The van der Waals surface area contributed by atoms with E-state index in [9.17, 15) is 18.4 Å². The topological polar surface area (TPSA) is 66.8 Å². The molecule has 27 heavy (non-hydrogen) atoms. The maximum Gasteiger partial charge on any atom is 0.341 e. The Hall–Kier alpha value is -2.96. The molecule has 0 aliphatic rings. The first-order valence-corrected chi connectivity index (χ1v) is 8.29. The van der Waals surface area contributed by atoms with Gasteiger partial charge in [-0.1, -0.05) is 0 Å². The maximum atomic E-state index is 14.0. The highest BCUT2D eigenvalue weighted by Crippen LogP contribution is 2.28. The number of carboxylic acids is 1. The molecule has 1 unspecified atom stereocenters. The molecule has 1 amide bonds. The largest absolute Gasteiger partial charge is 0.481 e. The minimum Gasteiger partial charge on any atom is -0.481 e. The van der Waals surface area contributed by atoms with E-state index in [4.69, 9.17) is 9.84 Å². The van der Waals surface area contributed by atoms with Crippen molar-refractivity contribution in [3.05, 3.63) is 64.2 Å². The van der Waals surface area contributed by atoms with E-state index in [0.29, 0.717) is 22.4 Å². The van der Waals surface area contributed by atoms with Gasteiger partial charge in [0.05, 0.1) is 6.04 Å². The Labute approximate surface area is 156 Å². The van der Waals surface area contributed by atoms with E-state index in [1.165, 1.54) is 11.9 Å². The van der Waals surface area contributed by atoms with Crippen LogP contribution < -0.4 is 4.74 Å². The van der Waals surface area contributed by atoms with E-state index in [1.807, 2.05) is 0 Å². The summed E-state index contributed by atoms with van der Waals surface area (Å²) < 4.78 is 32.7. The molecule has 2 aromatic rings. The standard InChI is InChI=1S/C20H21F2NO4/c1-11-7-14(8-12(2)19(11)27-10-18(24)25)20(26)23(4)13(3)16-9-15(21)5-6-17(16)22/h5-9,13H,10H2,1-4H3,(H,24,25). The fourth-order valence-corrected chi connectivity index (χ4v) is 2.86. The Morgan fingerprint density at radius 2 is 1.74 bits per heavy atom. The first kappa shape index (κ1) is 20.4. The number of aryl methyl sites for hydroxylation is 2. The van der Waals surface area contributed by atoms with Crippen LogP contribution in [0.3, 0.4) is 0 Å². The average Bonchev–Trinajstić information content (AvgIpc) is 2.60. The van der Waals surface area contributed by atoms with Crippen LogP contribution in [0.25, 0.3) is 0 Å². The van der Waals surface area contributed by atoms with Crippen molar-refractivity contribution in [1.29, 1.82) is 0 Å². The van der Waals surface area contributed by atoms with Crippen LogP contribution >= 0.6 is 0 Å². The normalized spacial score (nSPS) is 11.8. The van der Waals surface area contributed by atoms with Gasteiger partial charge in [0.1, 0.15) is 17.4 Å². The molecule has 0 bridgehead atoms. The van der Waals surface area contributed by atoms with Crippen LogP contribution in [-0.4, -0.2) is 35.5 Å². The van der Waals surface area contributed by atoms with Gasteiger partial charge in [-0.3, -0.25) is 4.79 Å². The molecular formula is C20H21F2NO4. The van der Waals surface area contributed by atoms with Crippen molar-refractivity contribution in [2.24, 2.45) is 0 Å². The van der Waals surface area contributed by atoms with Crippen LogP contribution in [-0.2, 0) is 4.79 Å². The molecule has 7 heteroatoms. The fourth-order valence-electron chi connectivity index (χ4n) is 2.86. The SMILES string of the molecule is Cc1cc(C(=O)N(C)C(C)c2cc(F)ccc2F)cc(C)c1OCC(=O)O. The summed E-state index contributed by atoms with van der Waals surface area (Å²) in [6.45, 7) is 4.54. The van der Waals surface area contributed by atoms with Gasteiger partial charge in [-0.15, -0.1) is 0 Å². The number of aliphatic carboxylic acids is 1. The molecule has 0 saturated heterocycles. The van der Waals surface area contributed by atoms with Gasteiger partial charge in [-0.25, -0.2) is 13.6 Å².